The highest BCUT2D eigenvalue weighted by Crippen LogP contribution is 2.29. The van der Waals surface area contributed by atoms with E-state index in [4.69, 9.17) is 14.2 Å². The van der Waals surface area contributed by atoms with Gasteiger partial charge >= 0.3 is 5.97 Å². The average Bonchev–Trinajstić information content (AvgIpc) is 2.72. The first kappa shape index (κ1) is 17.5. The van der Waals surface area contributed by atoms with E-state index in [1.54, 1.807) is 18.2 Å². The third-order valence-corrected chi connectivity index (χ3v) is 4.06. The zero-order valence-electron chi connectivity index (χ0n) is 14.8. The molecule has 0 aliphatic heterocycles. The number of hydrogen-bond acceptors (Lipinski definition) is 4. The summed E-state index contributed by atoms with van der Waals surface area (Å²) in [5.41, 5.74) is 3.46. The van der Waals surface area contributed by atoms with E-state index in [-0.39, 0.29) is 6.61 Å². The zero-order valence-corrected chi connectivity index (χ0v) is 14.8. The van der Waals surface area contributed by atoms with E-state index in [0.717, 1.165) is 16.7 Å². The van der Waals surface area contributed by atoms with E-state index in [2.05, 4.69) is 12.1 Å². The van der Waals surface area contributed by atoms with Crippen LogP contribution in [0.15, 0.2) is 72.8 Å². The van der Waals surface area contributed by atoms with Gasteiger partial charge in [-0.1, -0.05) is 60.7 Å². The average molecular weight is 348 g/mol. The summed E-state index contributed by atoms with van der Waals surface area (Å²) in [6.45, 7) is 0.176. The summed E-state index contributed by atoms with van der Waals surface area (Å²) in [7, 11) is 3.02. The summed E-state index contributed by atoms with van der Waals surface area (Å²) < 4.78 is 15.9. The second-order valence-electron chi connectivity index (χ2n) is 5.68. The Morgan fingerprint density at radius 3 is 1.88 bits per heavy atom. The number of esters is 1. The lowest BCUT2D eigenvalue weighted by atomic mass is 10.0. The Morgan fingerprint density at radius 1 is 0.731 bits per heavy atom. The molecule has 0 saturated heterocycles. The third kappa shape index (κ3) is 3.86. The number of methoxy groups -OCH3 is 2. The summed E-state index contributed by atoms with van der Waals surface area (Å²) in [5, 5.41) is 0. The van der Waals surface area contributed by atoms with Crippen LogP contribution in [0.1, 0.15) is 15.9 Å². The van der Waals surface area contributed by atoms with Crippen LogP contribution >= 0.6 is 0 Å². The number of ether oxygens (including phenoxy) is 3. The van der Waals surface area contributed by atoms with E-state index in [9.17, 15) is 4.79 Å². The Morgan fingerprint density at radius 2 is 1.31 bits per heavy atom. The first-order chi connectivity index (χ1) is 12.7. The Kier molecular flexibility index (Phi) is 5.54. The summed E-state index contributed by atoms with van der Waals surface area (Å²) in [6.07, 6.45) is 0. The van der Waals surface area contributed by atoms with Crippen molar-refractivity contribution >= 4 is 5.97 Å². The van der Waals surface area contributed by atoms with Gasteiger partial charge in [0.2, 0.25) is 0 Å². The van der Waals surface area contributed by atoms with Gasteiger partial charge in [0, 0.05) is 0 Å². The van der Waals surface area contributed by atoms with Crippen molar-refractivity contribution in [1.29, 1.82) is 0 Å². The molecule has 3 rings (SSSR count). The lowest BCUT2D eigenvalue weighted by molar-refractivity contribution is 0.0465. The van der Waals surface area contributed by atoms with Crippen LogP contribution in [-0.4, -0.2) is 20.2 Å². The number of rotatable bonds is 6. The molecular formula is C22H20O4. The second kappa shape index (κ2) is 8.21. The maximum absolute atomic E-state index is 12.5. The van der Waals surface area contributed by atoms with E-state index in [0.29, 0.717) is 17.1 Å². The van der Waals surface area contributed by atoms with Crippen LogP contribution in [0.5, 0.6) is 11.5 Å². The summed E-state index contributed by atoms with van der Waals surface area (Å²) in [5.74, 6) is 0.369. The van der Waals surface area contributed by atoms with Crippen LogP contribution in [0.25, 0.3) is 11.1 Å². The quantitative estimate of drug-likeness (QED) is 0.604. The minimum Gasteiger partial charge on any atom is -0.496 e. The van der Waals surface area contributed by atoms with Gasteiger partial charge in [-0.05, 0) is 28.8 Å². The molecule has 0 radical (unpaired) electrons. The van der Waals surface area contributed by atoms with E-state index >= 15 is 0 Å². The molecule has 0 aromatic heterocycles. The van der Waals surface area contributed by atoms with Crippen LogP contribution in [-0.2, 0) is 11.3 Å². The number of carbonyl (C=O) groups is 1. The fraction of sp³-hybridized carbons (Fsp3) is 0.136. The third-order valence-electron chi connectivity index (χ3n) is 4.06. The van der Waals surface area contributed by atoms with Gasteiger partial charge < -0.3 is 14.2 Å². The summed E-state index contributed by atoms with van der Waals surface area (Å²) in [4.78, 5) is 12.5. The zero-order chi connectivity index (χ0) is 18.4. The molecule has 4 nitrogen and oxygen atoms in total. The van der Waals surface area contributed by atoms with E-state index in [1.807, 2.05) is 42.5 Å². The molecule has 3 aromatic rings. The maximum Gasteiger partial charge on any atom is 0.346 e. The molecule has 132 valence electrons. The SMILES string of the molecule is COc1cccc(OC)c1C(=O)OCc1ccc(-c2ccccc2)cc1. The number of carbonyl (C=O) groups excluding carboxylic acids is 1. The molecule has 26 heavy (non-hydrogen) atoms. The largest absolute Gasteiger partial charge is 0.496 e. The van der Waals surface area contributed by atoms with Crippen molar-refractivity contribution in [3.63, 3.8) is 0 Å². The topological polar surface area (TPSA) is 44.8 Å². The first-order valence-electron chi connectivity index (χ1n) is 8.25. The molecule has 0 bridgehead atoms. The molecule has 0 heterocycles. The maximum atomic E-state index is 12.5. The minimum absolute atomic E-state index is 0.176. The lowest BCUT2D eigenvalue weighted by Gasteiger charge is -2.12. The molecular weight excluding hydrogens is 328 g/mol. The van der Waals surface area contributed by atoms with Gasteiger partial charge in [-0.15, -0.1) is 0 Å². The summed E-state index contributed by atoms with van der Waals surface area (Å²) >= 11 is 0. The van der Waals surface area contributed by atoms with Gasteiger partial charge in [0.1, 0.15) is 23.7 Å². The van der Waals surface area contributed by atoms with E-state index < -0.39 is 5.97 Å². The van der Waals surface area contributed by atoms with Crippen molar-refractivity contribution in [1.82, 2.24) is 0 Å². The number of benzene rings is 3. The van der Waals surface area contributed by atoms with Crippen molar-refractivity contribution in [2.24, 2.45) is 0 Å². The predicted octanol–water partition coefficient (Wildman–Crippen LogP) is 4.73. The Labute approximate surface area is 153 Å². The van der Waals surface area contributed by atoms with E-state index in [1.165, 1.54) is 14.2 Å². The second-order valence-corrected chi connectivity index (χ2v) is 5.68. The van der Waals surface area contributed by atoms with Gasteiger partial charge in [0.05, 0.1) is 14.2 Å². The van der Waals surface area contributed by atoms with Crippen molar-refractivity contribution in [2.45, 2.75) is 6.61 Å². The van der Waals surface area contributed by atoms with Crippen molar-refractivity contribution < 1.29 is 19.0 Å². The van der Waals surface area contributed by atoms with Gasteiger partial charge in [0.25, 0.3) is 0 Å². The smallest absolute Gasteiger partial charge is 0.346 e. The van der Waals surface area contributed by atoms with Gasteiger partial charge in [-0.25, -0.2) is 4.79 Å². The van der Waals surface area contributed by atoms with Crippen LogP contribution in [0.4, 0.5) is 0 Å². The molecule has 0 aliphatic carbocycles. The van der Waals surface area contributed by atoms with Crippen molar-refractivity contribution in [2.75, 3.05) is 14.2 Å². The molecule has 3 aromatic carbocycles. The molecule has 0 aliphatic rings. The standard InChI is InChI=1S/C22H20O4/c1-24-19-9-6-10-20(25-2)21(19)22(23)26-15-16-11-13-18(14-12-16)17-7-4-3-5-8-17/h3-14H,15H2,1-2H3. The highest BCUT2D eigenvalue weighted by molar-refractivity contribution is 5.95. The fourth-order valence-electron chi connectivity index (χ4n) is 2.70. The highest BCUT2D eigenvalue weighted by Gasteiger charge is 2.19. The predicted molar refractivity (Wildman–Crippen MR) is 101 cm³/mol. The Bertz CT molecular complexity index is 848. The molecule has 4 heteroatoms. The van der Waals surface area contributed by atoms with Gasteiger partial charge in [-0.2, -0.15) is 0 Å². The van der Waals surface area contributed by atoms with Crippen molar-refractivity contribution in [3.05, 3.63) is 83.9 Å². The minimum atomic E-state index is -0.480. The monoisotopic (exact) mass is 348 g/mol. The number of hydrogen-bond donors (Lipinski definition) is 0. The van der Waals surface area contributed by atoms with Crippen LogP contribution in [0.3, 0.4) is 0 Å². The molecule has 0 saturated carbocycles. The molecule has 0 N–H and O–H groups in total. The Balaban J connectivity index is 1.71. The summed E-state index contributed by atoms with van der Waals surface area (Å²) in [6, 6.07) is 23.2. The van der Waals surface area contributed by atoms with Gasteiger partial charge in [0.15, 0.2) is 0 Å². The lowest BCUT2D eigenvalue weighted by Crippen LogP contribution is -2.09. The van der Waals surface area contributed by atoms with Crippen LogP contribution in [0, 0.1) is 0 Å². The van der Waals surface area contributed by atoms with Crippen molar-refractivity contribution in [3.8, 4) is 22.6 Å². The normalized spacial score (nSPS) is 10.2. The van der Waals surface area contributed by atoms with Gasteiger partial charge in [-0.3, -0.25) is 0 Å². The molecule has 0 amide bonds. The van der Waals surface area contributed by atoms with Crippen LogP contribution in [0.2, 0.25) is 0 Å². The molecule has 0 atom stereocenters. The molecule has 0 fully saturated rings. The fourth-order valence-corrected chi connectivity index (χ4v) is 2.70. The molecule has 0 spiro atoms. The highest BCUT2D eigenvalue weighted by atomic mass is 16.5. The molecule has 0 unspecified atom stereocenters. The Hall–Kier alpha value is -3.27. The first-order valence-corrected chi connectivity index (χ1v) is 8.25. The van der Waals surface area contributed by atoms with Crippen LogP contribution < -0.4 is 9.47 Å².